The van der Waals surface area contributed by atoms with Gasteiger partial charge in [-0.15, -0.1) is 17.9 Å². The molecule has 0 aromatic heterocycles. The van der Waals surface area contributed by atoms with E-state index in [1.807, 2.05) is 0 Å². The van der Waals surface area contributed by atoms with Crippen LogP contribution in [0.4, 0.5) is 17.9 Å². The van der Waals surface area contributed by atoms with Gasteiger partial charge in [0.15, 0.2) is 0 Å². The van der Waals surface area contributed by atoms with Crippen molar-refractivity contribution in [2.24, 2.45) is 0 Å². The maximum atomic E-state index is 12.6. The molecule has 0 aliphatic rings. The molecule has 84 valence electrons. The summed E-state index contributed by atoms with van der Waals surface area (Å²) in [5.41, 5.74) is -1.87. The monoisotopic (exact) mass is 222 g/mol. The van der Waals surface area contributed by atoms with Crippen molar-refractivity contribution in [1.29, 1.82) is 0 Å². The van der Waals surface area contributed by atoms with Gasteiger partial charge in [-0.05, 0) is 12.5 Å². The zero-order valence-electron chi connectivity index (χ0n) is 8.00. The summed E-state index contributed by atoms with van der Waals surface area (Å²) in [4.78, 5) is 0. The third-order valence-corrected chi connectivity index (χ3v) is 2.20. The fourth-order valence-corrected chi connectivity index (χ4v) is 1.27. The summed E-state index contributed by atoms with van der Waals surface area (Å²) in [6.45, 7) is -0.0154. The van der Waals surface area contributed by atoms with E-state index in [-0.39, 0.29) is 5.56 Å². The minimum atomic E-state index is -2.01. The smallest absolute Gasteiger partial charge is 0.101 e. The molecule has 0 radical (unpaired) electrons. The molecule has 0 aliphatic carbocycles. The molecule has 1 atom stereocenters. The Hall–Kier alpha value is -1.14. The van der Waals surface area contributed by atoms with Crippen molar-refractivity contribution >= 4 is 0 Å². The van der Waals surface area contributed by atoms with Crippen molar-refractivity contribution in [2.75, 3.05) is 6.54 Å². The topological polar surface area (TPSA) is 6.48 Å². The average molecular weight is 222 g/mol. The molecule has 0 saturated heterocycles. The van der Waals surface area contributed by atoms with Gasteiger partial charge >= 0.3 is 0 Å². The predicted molar refractivity (Wildman–Crippen MR) is 46.8 cm³/mol. The summed E-state index contributed by atoms with van der Waals surface area (Å²) < 4.78 is 49.3. The van der Waals surface area contributed by atoms with E-state index in [4.69, 9.17) is 0 Å². The van der Waals surface area contributed by atoms with Crippen LogP contribution in [0.3, 0.4) is 0 Å². The lowest BCUT2D eigenvalue weighted by Gasteiger charge is -2.29. The molecule has 0 aliphatic heterocycles. The van der Waals surface area contributed by atoms with Crippen molar-refractivity contribution < 1.29 is 17.9 Å². The van der Waals surface area contributed by atoms with Crippen LogP contribution < -0.4 is 0 Å². The van der Waals surface area contributed by atoms with E-state index < -0.39 is 22.8 Å². The van der Waals surface area contributed by atoms with E-state index >= 15 is 0 Å². The third-order valence-electron chi connectivity index (χ3n) is 2.20. The van der Waals surface area contributed by atoms with Crippen molar-refractivity contribution in [1.82, 2.24) is 10.7 Å². The molecule has 1 aromatic carbocycles. The van der Waals surface area contributed by atoms with Gasteiger partial charge in [0.05, 0.1) is 6.54 Å². The molecule has 0 amide bonds. The van der Waals surface area contributed by atoms with Gasteiger partial charge < -0.3 is 0 Å². The van der Waals surface area contributed by atoms with Crippen LogP contribution in [0.2, 0.25) is 0 Å². The summed E-state index contributed by atoms with van der Waals surface area (Å²) in [7, 11) is 0. The highest BCUT2D eigenvalue weighted by Gasteiger charge is 2.38. The molecular weight excluding hydrogens is 212 g/mol. The highest BCUT2D eigenvalue weighted by Crippen LogP contribution is 2.30. The van der Waals surface area contributed by atoms with E-state index in [0.717, 1.165) is 6.92 Å². The predicted octanol–water partition coefficient (Wildman–Crippen LogP) is 3.04. The number of halogens is 4. The normalized spacial score (nSPS) is 15.7. The first-order valence-corrected chi connectivity index (χ1v) is 4.23. The summed E-state index contributed by atoms with van der Waals surface area (Å²) in [6.07, 6.45) is 0. The Morgan fingerprint density at radius 3 is 2.00 bits per heavy atom. The standard InChI is InChI=1S/C9H10F4N2/c1-9(15(12)13,7-14(10)11)8-5-3-2-4-6-8/h2-6H,7H2,1H3. The quantitative estimate of drug-likeness (QED) is 0.570. The molecule has 0 bridgehead atoms. The molecule has 0 heterocycles. The summed E-state index contributed by atoms with van der Waals surface area (Å²) in [5, 5.41) is -2.45. The SMILES string of the molecule is CC(CN(F)F)(c1ccccc1)N(F)F. The van der Waals surface area contributed by atoms with Crippen LogP contribution in [0.15, 0.2) is 30.3 Å². The molecule has 1 rings (SSSR count). The van der Waals surface area contributed by atoms with Gasteiger partial charge in [0.25, 0.3) is 0 Å². The van der Waals surface area contributed by atoms with Crippen molar-refractivity contribution in [2.45, 2.75) is 12.5 Å². The molecular formula is C9H10F4N2. The molecule has 1 unspecified atom stereocenters. The van der Waals surface area contributed by atoms with Crippen LogP contribution in [0.1, 0.15) is 12.5 Å². The second kappa shape index (κ2) is 4.59. The van der Waals surface area contributed by atoms with Crippen LogP contribution in [-0.4, -0.2) is 17.2 Å². The number of nitrogens with zero attached hydrogens (tertiary/aromatic N) is 2. The largest absolute Gasteiger partial charge is 0.124 e. The van der Waals surface area contributed by atoms with Crippen LogP contribution in [0.5, 0.6) is 0 Å². The van der Waals surface area contributed by atoms with Crippen LogP contribution in [-0.2, 0) is 5.54 Å². The Balaban J connectivity index is 3.02. The number of hydrogen-bond donors (Lipinski definition) is 0. The zero-order chi connectivity index (χ0) is 11.5. The molecule has 6 heteroatoms. The lowest BCUT2D eigenvalue weighted by Crippen LogP contribution is -2.40. The van der Waals surface area contributed by atoms with Gasteiger partial charge in [-0.1, -0.05) is 30.3 Å². The van der Waals surface area contributed by atoms with Crippen molar-refractivity contribution in [3.8, 4) is 0 Å². The van der Waals surface area contributed by atoms with Crippen LogP contribution in [0.25, 0.3) is 0 Å². The Bertz CT molecular complexity index is 304. The Morgan fingerprint density at radius 2 is 1.60 bits per heavy atom. The van der Waals surface area contributed by atoms with Gasteiger partial charge in [0, 0.05) is 10.7 Å². The molecule has 1 aromatic rings. The molecule has 0 N–H and O–H groups in total. The summed E-state index contributed by atoms with van der Waals surface area (Å²) in [6, 6.07) is 7.45. The number of rotatable bonds is 4. The summed E-state index contributed by atoms with van der Waals surface area (Å²) in [5.74, 6) is 0. The maximum Gasteiger partial charge on any atom is 0.124 e. The van der Waals surface area contributed by atoms with E-state index in [1.165, 1.54) is 24.3 Å². The zero-order valence-corrected chi connectivity index (χ0v) is 8.00. The molecule has 0 spiro atoms. The first-order chi connectivity index (χ1) is 6.97. The Morgan fingerprint density at radius 1 is 1.07 bits per heavy atom. The highest BCUT2D eigenvalue weighted by molar-refractivity contribution is 5.23. The van der Waals surface area contributed by atoms with E-state index in [1.54, 1.807) is 6.07 Å². The maximum absolute atomic E-state index is 12.6. The van der Waals surface area contributed by atoms with Crippen LogP contribution >= 0.6 is 0 Å². The number of hydrogen-bond acceptors (Lipinski definition) is 2. The van der Waals surface area contributed by atoms with Gasteiger partial charge in [0.2, 0.25) is 0 Å². The minimum Gasteiger partial charge on any atom is -0.101 e. The van der Waals surface area contributed by atoms with Gasteiger partial charge in [0.1, 0.15) is 5.54 Å². The first-order valence-electron chi connectivity index (χ1n) is 4.23. The molecule has 0 saturated carbocycles. The second-order valence-corrected chi connectivity index (χ2v) is 3.33. The molecule has 15 heavy (non-hydrogen) atoms. The minimum absolute atomic E-state index is 0.135. The number of benzene rings is 1. The van der Waals surface area contributed by atoms with E-state index in [2.05, 4.69) is 0 Å². The van der Waals surface area contributed by atoms with E-state index in [0.29, 0.717) is 0 Å². The van der Waals surface area contributed by atoms with Gasteiger partial charge in [-0.2, -0.15) is 0 Å². The van der Waals surface area contributed by atoms with Crippen molar-refractivity contribution in [3.05, 3.63) is 35.9 Å². The van der Waals surface area contributed by atoms with Crippen LogP contribution in [0, 0.1) is 0 Å². The lowest BCUT2D eigenvalue weighted by atomic mass is 9.93. The Kier molecular flexibility index (Phi) is 3.65. The third kappa shape index (κ3) is 2.66. The molecule has 0 fully saturated rings. The Labute approximate surface area is 84.4 Å². The summed E-state index contributed by atoms with van der Waals surface area (Å²) >= 11 is 0. The highest BCUT2D eigenvalue weighted by atomic mass is 19.4. The molecule has 2 nitrogen and oxygen atoms in total. The fraction of sp³-hybridized carbons (Fsp3) is 0.333. The average Bonchev–Trinajstić information content (AvgIpc) is 2.17. The van der Waals surface area contributed by atoms with E-state index in [9.17, 15) is 17.9 Å². The first kappa shape index (κ1) is 11.9. The van der Waals surface area contributed by atoms with Gasteiger partial charge in [-0.3, -0.25) is 0 Å². The second-order valence-electron chi connectivity index (χ2n) is 3.33. The fourth-order valence-electron chi connectivity index (χ4n) is 1.27. The van der Waals surface area contributed by atoms with Crippen molar-refractivity contribution in [3.63, 3.8) is 0 Å². The lowest BCUT2D eigenvalue weighted by molar-refractivity contribution is -0.269. The van der Waals surface area contributed by atoms with Gasteiger partial charge in [-0.25, -0.2) is 0 Å².